The Kier molecular flexibility index (Phi) is 5.99. The number of hydrogen-bond donors (Lipinski definition) is 0. The van der Waals surface area contributed by atoms with Crippen LogP contribution < -0.4 is 9.47 Å². The van der Waals surface area contributed by atoms with E-state index in [1.807, 2.05) is 6.21 Å². The molecule has 6 rings (SSSR count). The van der Waals surface area contributed by atoms with Crippen molar-refractivity contribution in [3.05, 3.63) is 58.7 Å². The van der Waals surface area contributed by atoms with Crippen molar-refractivity contribution in [1.82, 2.24) is 0 Å². The smallest absolute Gasteiger partial charge is 0.120 e. The molecular formula is C25H28FIN2O2. The lowest BCUT2D eigenvalue weighted by Gasteiger charge is -2.13. The topological polar surface area (TPSA) is 43.2 Å². The van der Waals surface area contributed by atoms with Crippen LogP contribution in [0.4, 0.5) is 4.39 Å². The first-order chi connectivity index (χ1) is 15.3. The number of nitrogens with zero attached hydrogens (tertiary/aromatic N) is 2. The average Bonchev–Trinajstić information content (AvgIpc) is 3.56. The van der Waals surface area contributed by atoms with E-state index in [1.165, 1.54) is 47.9 Å². The average molecular weight is 535 g/mol. The summed E-state index contributed by atoms with van der Waals surface area (Å²) in [6, 6.07) is 12.6. The zero-order valence-corrected chi connectivity index (χ0v) is 20.1. The summed E-state index contributed by atoms with van der Waals surface area (Å²) in [6.07, 6.45) is 6.64. The highest BCUT2D eigenvalue weighted by Gasteiger charge is 2.40. The molecule has 0 spiro atoms. The third kappa shape index (κ3) is 5.45. The van der Waals surface area contributed by atoms with E-state index in [-0.39, 0.29) is 11.2 Å². The first-order valence-electron chi connectivity index (χ1n) is 11.2. The highest BCUT2D eigenvalue weighted by Crippen LogP contribution is 2.41. The molecule has 4 aliphatic rings. The third-order valence-corrected chi connectivity index (χ3v) is 6.86. The predicted octanol–water partition coefficient (Wildman–Crippen LogP) is 6.45. The van der Waals surface area contributed by atoms with Gasteiger partial charge in [0.25, 0.3) is 0 Å². The van der Waals surface area contributed by atoms with Crippen LogP contribution in [0.2, 0.25) is 0 Å². The molecule has 0 atom stereocenters. The SMILES string of the molecule is CC1(Oc2ccc3c(c2)C(I)=NC3)CC1.CC1(Oc2ccc3c(c2)C=NC3)CC1.[2H]CF. The van der Waals surface area contributed by atoms with Crippen molar-refractivity contribution in [3.63, 3.8) is 0 Å². The maximum Gasteiger partial charge on any atom is 0.120 e. The van der Waals surface area contributed by atoms with Crippen molar-refractivity contribution in [1.29, 1.82) is 0 Å². The van der Waals surface area contributed by atoms with E-state index in [9.17, 15) is 4.39 Å². The van der Waals surface area contributed by atoms with Crippen LogP contribution in [-0.2, 0) is 13.1 Å². The predicted molar refractivity (Wildman–Crippen MR) is 132 cm³/mol. The molecule has 2 saturated carbocycles. The van der Waals surface area contributed by atoms with Crippen LogP contribution >= 0.6 is 22.6 Å². The Hall–Kier alpha value is -1.96. The molecule has 2 aromatic carbocycles. The molecule has 0 bridgehead atoms. The molecule has 31 heavy (non-hydrogen) atoms. The van der Waals surface area contributed by atoms with Crippen LogP contribution in [0.5, 0.6) is 11.5 Å². The second kappa shape index (κ2) is 8.88. The van der Waals surface area contributed by atoms with E-state index in [0.717, 1.165) is 28.3 Å². The first-order valence-corrected chi connectivity index (χ1v) is 11.6. The van der Waals surface area contributed by atoms with Gasteiger partial charge in [0, 0.05) is 17.3 Å². The summed E-state index contributed by atoms with van der Waals surface area (Å²) in [5.41, 5.74) is 5.30. The molecule has 0 saturated heterocycles. The summed E-state index contributed by atoms with van der Waals surface area (Å²) in [4.78, 5) is 8.63. The van der Waals surface area contributed by atoms with Gasteiger partial charge < -0.3 is 9.47 Å². The van der Waals surface area contributed by atoms with Gasteiger partial charge in [-0.1, -0.05) is 12.1 Å². The molecule has 0 radical (unpaired) electrons. The van der Waals surface area contributed by atoms with Crippen molar-refractivity contribution >= 4 is 32.5 Å². The Morgan fingerprint density at radius 2 is 1.52 bits per heavy atom. The summed E-state index contributed by atoms with van der Waals surface area (Å²) in [5, 5.41) is 0. The molecule has 0 aromatic heterocycles. The lowest BCUT2D eigenvalue weighted by Crippen LogP contribution is -2.12. The molecule has 2 aliphatic heterocycles. The van der Waals surface area contributed by atoms with E-state index in [4.69, 9.17) is 10.8 Å². The molecule has 2 heterocycles. The largest absolute Gasteiger partial charge is 0.488 e. The Morgan fingerprint density at radius 1 is 0.935 bits per heavy atom. The number of rotatable bonds is 4. The van der Waals surface area contributed by atoms with E-state index in [0.29, 0.717) is 0 Å². The monoisotopic (exact) mass is 535 g/mol. The fourth-order valence-electron chi connectivity index (χ4n) is 3.46. The lowest BCUT2D eigenvalue weighted by atomic mass is 10.1. The number of hydrogen-bond acceptors (Lipinski definition) is 4. The molecule has 0 N–H and O–H groups in total. The van der Waals surface area contributed by atoms with Gasteiger partial charge in [0.2, 0.25) is 0 Å². The lowest BCUT2D eigenvalue weighted by molar-refractivity contribution is 0.200. The Balaban J connectivity index is 0.000000137. The van der Waals surface area contributed by atoms with Gasteiger partial charge in [-0.15, -0.1) is 0 Å². The first kappa shape index (κ1) is 20.9. The van der Waals surface area contributed by atoms with Crippen molar-refractivity contribution in [2.45, 2.75) is 63.8 Å². The second-order valence-corrected chi connectivity index (χ2v) is 9.88. The van der Waals surface area contributed by atoms with Crippen LogP contribution in [0.15, 0.2) is 46.4 Å². The number of benzene rings is 2. The maximum absolute atomic E-state index is 9.96. The van der Waals surface area contributed by atoms with Crippen molar-refractivity contribution in [2.75, 3.05) is 7.15 Å². The quantitative estimate of drug-likeness (QED) is 0.423. The molecule has 6 heteroatoms. The van der Waals surface area contributed by atoms with Crippen LogP contribution in [0.25, 0.3) is 0 Å². The van der Waals surface area contributed by atoms with Gasteiger partial charge in [-0.25, -0.2) is 0 Å². The van der Waals surface area contributed by atoms with Crippen molar-refractivity contribution in [3.8, 4) is 11.5 Å². The normalized spacial score (nSPS) is 20.0. The minimum Gasteiger partial charge on any atom is -0.488 e. The summed E-state index contributed by atoms with van der Waals surface area (Å²) < 4.78 is 28.4. The Bertz CT molecular complexity index is 1050. The molecule has 2 fully saturated rings. The Labute approximate surface area is 198 Å². The van der Waals surface area contributed by atoms with E-state index in [2.05, 4.69) is 82.8 Å². The van der Waals surface area contributed by atoms with Gasteiger partial charge in [0.1, 0.15) is 26.4 Å². The van der Waals surface area contributed by atoms with E-state index in [1.54, 1.807) is 0 Å². The number of halogens is 2. The minimum absolute atomic E-state index is 0.107. The highest BCUT2D eigenvalue weighted by molar-refractivity contribution is 14.1. The van der Waals surface area contributed by atoms with Crippen LogP contribution in [0.1, 0.15) is 63.2 Å². The standard InChI is InChI=1S/C12H12INO.C12H13NO.CH3F/c1-12(4-5-12)15-9-3-2-8-7-14-11(13)10(8)6-9;1-12(4-5-12)14-11-3-2-9-7-13-8-10(9)6-11;1-2/h2-3,6H,4-5,7H2,1H3;2-3,6,8H,4-5,7H2,1H3;1H3/i;;1D. The summed E-state index contributed by atoms with van der Waals surface area (Å²) in [6.45, 7) is 5.98. The maximum atomic E-state index is 9.96. The molecule has 4 nitrogen and oxygen atoms in total. The molecule has 0 amide bonds. The van der Waals surface area contributed by atoms with Gasteiger partial charge >= 0.3 is 0 Å². The number of aliphatic imine (C=N–C) groups is 2. The van der Waals surface area contributed by atoms with Gasteiger partial charge in [0.05, 0.1) is 21.6 Å². The fraction of sp³-hybridized carbons (Fsp3) is 0.440. The van der Waals surface area contributed by atoms with Crippen LogP contribution in [-0.4, -0.2) is 28.3 Å². The molecular weight excluding hydrogens is 506 g/mol. The van der Waals surface area contributed by atoms with Crippen LogP contribution in [0, 0.1) is 0 Å². The summed E-state index contributed by atoms with van der Waals surface area (Å²) in [7, 11) is -1.00. The molecule has 2 aromatic rings. The Morgan fingerprint density at radius 3 is 2.13 bits per heavy atom. The van der Waals surface area contributed by atoms with Crippen molar-refractivity contribution < 1.29 is 15.2 Å². The number of ether oxygens (including phenoxy) is 2. The van der Waals surface area contributed by atoms with Crippen LogP contribution in [0.3, 0.4) is 0 Å². The fourth-order valence-corrected chi connectivity index (χ4v) is 4.13. The minimum atomic E-state index is -1.00. The number of alkyl halides is 1. The van der Waals surface area contributed by atoms with Gasteiger partial charge in [-0.3, -0.25) is 14.4 Å². The number of fused-ring (bicyclic) bond motifs is 2. The van der Waals surface area contributed by atoms with E-state index < -0.39 is 7.15 Å². The van der Waals surface area contributed by atoms with Crippen molar-refractivity contribution in [2.24, 2.45) is 9.98 Å². The zero-order valence-electron chi connectivity index (χ0n) is 19.0. The second-order valence-electron chi connectivity index (χ2n) is 8.86. The molecule has 2 aliphatic carbocycles. The third-order valence-electron chi connectivity index (χ3n) is 5.94. The van der Waals surface area contributed by atoms with Gasteiger partial charge in [-0.2, -0.15) is 0 Å². The molecule has 164 valence electrons. The summed E-state index contributed by atoms with van der Waals surface area (Å²) in [5.74, 6) is 1.97. The van der Waals surface area contributed by atoms with Gasteiger partial charge in [-0.05, 0) is 97.5 Å². The highest BCUT2D eigenvalue weighted by atomic mass is 127. The zero-order chi connectivity index (χ0) is 22.8. The van der Waals surface area contributed by atoms with Gasteiger partial charge in [0.15, 0.2) is 0 Å². The summed E-state index contributed by atoms with van der Waals surface area (Å²) >= 11 is 2.29. The van der Waals surface area contributed by atoms with E-state index >= 15 is 0 Å². The molecule has 0 unspecified atom stereocenters.